The SMILES string of the molecule is C1=CCc2c(ccc3cc4ccccc4cc23)C1. The first-order chi connectivity index (χ1) is 8.92. The molecule has 3 aromatic carbocycles. The monoisotopic (exact) mass is 230 g/mol. The molecule has 0 spiro atoms. The minimum atomic E-state index is 1.07. The Morgan fingerprint density at radius 3 is 2.33 bits per heavy atom. The minimum Gasteiger partial charge on any atom is -0.0838 e. The average molecular weight is 230 g/mol. The fourth-order valence-corrected chi connectivity index (χ4v) is 2.96. The number of hydrogen-bond donors (Lipinski definition) is 0. The zero-order valence-corrected chi connectivity index (χ0v) is 10.2. The summed E-state index contributed by atoms with van der Waals surface area (Å²) >= 11 is 0. The summed E-state index contributed by atoms with van der Waals surface area (Å²) < 4.78 is 0. The molecule has 0 radical (unpaired) electrons. The molecule has 0 N–H and O–H groups in total. The standard InChI is InChI=1S/C18H14/c1-2-7-15-12-18-16(11-14(15)6-1)10-9-13-5-3-4-8-17(13)18/h1-4,6-7,9-12H,5,8H2. The predicted molar refractivity (Wildman–Crippen MR) is 78.0 cm³/mol. The lowest BCUT2D eigenvalue weighted by molar-refractivity contribution is 1.11. The van der Waals surface area contributed by atoms with Crippen molar-refractivity contribution in [1.29, 1.82) is 0 Å². The lowest BCUT2D eigenvalue weighted by Crippen LogP contribution is -1.98. The van der Waals surface area contributed by atoms with Crippen LogP contribution in [0, 0.1) is 0 Å². The molecule has 0 unspecified atom stereocenters. The van der Waals surface area contributed by atoms with Crippen molar-refractivity contribution in [2.75, 3.05) is 0 Å². The minimum absolute atomic E-state index is 1.07. The van der Waals surface area contributed by atoms with Gasteiger partial charge in [0.05, 0.1) is 0 Å². The van der Waals surface area contributed by atoms with E-state index >= 15 is 0 Å². The third-order valence-corrected chi connectivity index (χ3v) is 3.92. The first-order valence-electron chi connectivity index (χ1n) is 6.50. The lowest BCUT2D eigenvalue weighted by Gasteiger charge is -2.14. The molecule has 18 heavy (non-hydrogen) atoms. The molecule has 4 rings (SSSR count). The molecule has 0 heteroatoms. The van der Waals surface area contributed by atoms with Crippen LogP contribution in [-0.2, 0) is 12.8 Å². The molecule has 0 fully saturated rings. The number of benzene rings is 3. The fraction of sp³-hybridized carbons (Fsp3) is 0.111. The van der Waals surface area contributed by atoms with Crippen LogP contribution in [0.25, 0.3) is 21.5 Å². The molecular formula is C18H14. The Kier molecular flexibility index (Phi) is 2.04. The summed E-state index contributed by atoms with van der Waals surface area (Å²) in [6.45, 7) is 0. The summed E-state index contributed by atoms with van der Waals surface area (Å²) in [5, 5.41) is 5.46. The van der Waals surface area contributed by atoms with Gasteiger partial charge in [-0.15, -0.1) is 0 Å². The van der Waals surface area contributed by atoms with Crippen LogP contribution in [0.5, 0.6) is 0 Å². The van der Waals surface area contributed by atoms with Gasteiger partial charge in [-0.2, -0.15) is 0 Å². The summed E-state index contributed by atoms with van der Waals surface area (Å²) in [7, 11) is 0. The Hall–Kier alpha value is -2.08. The van der Waals surface area contributed by atoms with Gasteiger partial charge in [0.1, 0.15) is 0 Å². The smallest absolute Gasteiger partial charge is 0.00883 e. The van der Waals surface area contributed by atoms with E-state index in [9.17, 15) is 0 Å². The third-order valence-electron chi connectivity index (χ3n) is 3.92. The molecule has 3 aromatic rings. The Morgan fingerprint density at radius 1 is 0.667 bits per heavy atom. The van der Waals surface area contributed by atoms with Crippen LogP contribution in [0.4, 0.5) is 0 Å². The maximum absolute atomic E-state index is 2.35. The second-order valence-corrected chi connectivity index (χ2v) is 5.00. The highest BCUT2D eigenvalue weighted by molar-refractivity contribution is 6.00. The van der Waals surface area contributed by atoms with Crippen molar-refractivity contribution in [2.45, 2.75) is 12.8 Å². The van der Waals surface area contributed by atoms with Gasteiger partial charge in [0, 0.05) is 0 Å². The zero-order chi connectivity index (χ0) is 11.9. The van der Waals surface area contributed by atoms with Crippen LogP contribution >= 0.6 is 0 Å². The van der Waals surface area contributed by atoms with Gasteiger partial charge in [-0.25, -0.2) is 0 Å². The maximum Gasteiger partial charge on any atom is -0.00883 e. The van der Waals surface area contributed by atoms with Gasteiger partial charge in [0.2, 0.25) is 0 Å². The van der Waals surface area contributed by atoms with Crippen molar-refractivity contribution in [1.82, 2.24) is 0 Å². The Morgan fingerprint density at radius 2 is 1.44 bits per heavy atom. The average Bonchev–Trinajstić information content (AvgIpc) is 2.45. The van der Waals surface area contributed by atoms with Gasteiger partial charge in [0.25, 0.3) is 0 Å². The second-order valence-electron chi connectivity index (χ2n) is 5.00. The van der Waals surface area contributed by atoms with E-state index in [0.717, 1.165) is 12.8 Å². The number of fused-ring (bicyclic) bond motifs is 4. The van der Waals surface area contributed by atoms with Gasteiger partial charge in [0.15, 0.2) is 0 Å². The highest BCUT2D eigenvalue weighted by Gasteiger charge is 2.09. The fourth-order valence-electron chi connectivity index (χ4n) is 2.96. The van der Waals surface area contributed by atoms with E-state index in [0.29, 0.717) is 0 Å². The first-order valence-corrected chi connectivity index (χ1v) is 6.50. The van der Waals surface area contributed by atoms with Gasteiger partial charge in [-0.3, -0.25) is 0 Å². The molecule has 0 bridgehead atoms. The summed E-state index contributed by atoms with van der Waals surface area (Å²) in [4.78, 5) is 0. The molecular weight excluding hydrogens is 216 g/mol. The van der Waals surface area contributed by atoms with Crippen LogP contribution in [-0.4, -0.2) is 0 Å². The molecule has 0 atom stereocenters. The summed E-state index contributed by atoms with van der Waals surface area (Å²) in [6.07, 6.45) is 6.72. The van der Waals surface area contributed by atoms with E-state index in [1.807, 2.05) is 0 Å². The Bertz CT molecular complexity index is 778. The van der Waals surface area contributed by atoms with Gasteiger partial charge < -0.3 is 0 Å². The van der Waals surface area contributed by atoms with Crippen LogP contribution in [0.15, 0.2) is 60.7 Å². The van der Waals surface area contributed by atoms with E-state index in [1.54, 1.807) is 0 Å². The maximum atomic E-state index is 2.35. The molecule has 0 saturated heterocycles. The molecule has 0 aliphatic heterocycles. The molecule has 0 amide bonds. The van der Waals surface area contributed by atoms with Crippen LogP contribution in [0.1, 0.15) is 11.1 Å². The van der Waals surface area contributed by atoms with Gasteiger partial charge in [-0.1, -0.05) is 48.6 Å². The summed E-state index contributed by atoms with van der Waals surface area (Å²) in [5.41, 5.74) is 3.00. The molecule has 0 aromatic heterocycles. The summed E-state index contributed by atoms with van der Waals surface area (Å²) in [5.74, 6) is 0. The largest absolute Gasteiger partial charge is 0.0838 e. The van der Waals surface area contributed by atoms with E-state index in [4.69, 9.17) is 0 Å². The van der Waals surface area contributed by atoms with Crippen molar-refractivity contribution < 1.29 is 0 Å². The van der Waals surface area contributed by atoms with Crippen molar-refractivity contribution >= 4 is 21.5 Å². The number of rotatable bonds is 0. The molecule has 0 saturated carbocycles. The molecule has 0 nitrogen and oxygen atoms in total. The van der Waals surface area contributed by atoms with Crippen molar-refractivity contribution in [3.8, 4) is 0 Å². The predicted octanol–water partition coefficient (Wildman–Crippen LogP) is 4.65. The summed E-state index contributed by atoms with van der Waals surface area (Å²) in [6, 6.07) is 17.8. The normalized spacial score (nSPS) is 14.0. The third kappa shape index (κ3) is 1.39. The van der Waals surface area contributed by atoms with Gasteiger partial charge in [-0.05, 0) is 57.6 Å². The Balaban J connectivity index is 2.13. The number of allylic oxidation sites excluding steroid dienone is 2. The lowest BCUT2D eigenvalue weighted by atomic mass is 9.90. The first kappa shape index (κ1) is 9.90. The highest BCUT2D eigenvalue weighted by Crippen LogP contribution is 2.30. The highest BCUT2D eigenvalue weighted by atomic mass is 14.1. The van der Waals surface area contributed by atoms with Crippen molar-refractivity contribution in [3.63, 3.8) is 0 Å². The van der Waals surface area contributed by atoms with Crippen LogP contribution in [0.2, 0.25) is 0 Å². The van der Waals surface area contributed by atoms with E-state index in [2.05, 4.69) is 60.7 Å². The molecule has 1 aliphatic rings. The van der Waals surface area contributed by atoms with E-state index in [1.165, 1.54) is 32.7 Å². The van der Waals surface area contributed by atoms with Gasteiger partial charge >= 0.3 is 0 Å². The van der Waals surface area contributed by atoms with Crippen LogP contribution in [0.3, 0.4) is 0 Å². The molecule has 0 heterocycles. The van der Waals surface area contributed by atoms with Crippen LogP contribution < -0.4 is 0 Å². The quantitative estimate of drug-likeness (QED) is 0.389. The second kappa shape index (κ2) is 3.71. The number of hydrogen-bond acceptors (Lipinski definition) is 0. The molecule has 86 valence electrons. The topological polar surface area (TPSA) is 0 Å². The van der Waals surface area contributed by atoms with E-state index < -0.39 is 0 Å². The molecule has 1 aliphatic carbocycles. The van der Waals surface area contributed by atoms with Crippen molar-refractivity contribution in [2.24, 2.45) is 0 Å². The Labute approximate surface area is 107 Å². The van der Waals surface area contributed by atoms with E-state index in [-0.39, 0.29) is 0 Å². The zero-order valence-electron chi connectivity index (χ0n) is 10.2. The van der Waals surface area contributed by atoms with Crippen molar-refractivity contribution in [3.05, 3.63) is 71.8 Å².